The zero-order valence-electron chi connectivity index (χ0n) is 11.6. The first-order valence-electron chi connectivity index (χ1n) is 6.80. The third-order valence-electron chi connectivity index (χ3n) is 3.60. The van der Waals surface area contributed by atoms with Crippen LogP contribution in [0.25, 0.3) is 11.0 Å². The van der Waals surface area contributed by atoms with Gasteiger partial charge in [0.25, 0.3) is 0 Å². The molecule has 1 N–H and O–H groups in total. The molecule has 108 valence electrons. The van der Waals surface area contributed by atoms with Gasteiger partial charge in [-0.2, -0.15) is 0 Å². The second-order valence-corrected chi connectivity index (χ2v) is 5.35. The number of para-hydroxylation sites is 1. The number of rotatable bonds is 4. The van der Waals surface area contributed by atoms with Crippen molar-refractivity contribution in [2.45, 2.75) is 19.5 Å². The van der Waals surface area contributed by atoms with Gasteiger partial charge in [0.05, 0.1) is 0 Å². The second kappa shape index (κ2) is 5.88. The van der Waals surface area contributed by atoms with Crippen molar-refractivity contribution < 1.29 is 8.81 Å². The highest BCUT2D eigenvalue weighted by molar-refractivity contribution is 6.30. The van der Waals surface area contributed by atoms with Gasteiger partial charge in [0.1, 0.15) is 11.4 Å². The second-order valence-electron chi connectivity index (χ2n) is 5.00. The van der Waals surface area contributed by atoms with Gasteiger partial charge < -0.3 is 9.73 Å². The molecule has 0 aliphatic rings. The summed E-state index contributed by atoms with van der Waals surface area (Å²) in [6, 6.07) is 14.3. The molecule has 0 spiro atoms. The molecule has 0 unspecified atom stereocenters. The van der Waals surface area contributed by atoms with Crippen LogP contribution >= 0.6 is 11.6 Å². The maximum absolute atomic E-state index is 12.9. The molecule has 0 bridgehead atoms. The Morgan fingerprint density at radius 2 is 1.86 bits per heavy atom. The van der Waals surface area contributed by atoms with Gasteiger partial charge in [-0.15, -0.1) is 0 Å². The molecule has 0 saturated heterocycles. The summed E-state index contributed by atoms with van der Waals surface area (Å²) in [4.78, 5) is 0. The van der Waals surface area contributed by atoms with E-state index in [1.165, 1.54) is 12.1 Å². The number of halogens is 2. The van der Waals surface area contributed by atoms with Crippen molar-refractivity contribution in [3.05, 3.63) is 70.7 Å². The molecule has 21 heavy (non-hydrogen) atoms. The number of benzene rings is 2. The lowest BCUT2D eigenvalue weighted by Gasteiger charge is -2.14. The number of hydrogen-bond acceptors (Lipinski definition) is 2. The lowest BCUT2D eigenvalue weighted by molar-refractivity contribution is 0.561. The van der Waals surface area contributed by atoms with Crippen LogP contribution in [0, 0.1) is 5.82 Å². The molecule has 3 aromatic rings. The molecule has 1 heterocycles. The van der Waals surface area contributed by atoms with E-state index < -0.39 is 0 Å². The normalized spacial score (nSPS) is 12.7. The third kappa shape index (κ3) is 2.94. The maximum atomic E-state index is 12.9. The van der Waals surface area contributed by atoms with Crippen LogP contribution in [0.4, 0.5) is 4.39 Å². The van der Waals surface area contributed by atoms with Gasteiger partial charge in [0.2, 0.25) is 0 Å². The average Bonchev–Trinajstić information content (AvgIpc) is 2.81. The Hall–Kier alpha value is -1.84. The average molecular weight is 304 g/mol. The van der Waals surface area contributed by atoms with Crippen LogP contribution in [0.15, 0.2) is 52.9 Å². The summed E-state index contributed by atoms with van der Waals surface area (Å²) >= 11 is 6.16. The maximum Gasteiger partial charge on any atom is 0.199 e. The van der Waals surface area contributed by atoms with Crippen LogP contribution in [-0.4, -0.2) is 0 Å². The molecule has 0 aliphatic heterocycles. The molecule has 2 aromatic carbocycles. The van der Waals surface area contributed by atoms with E-state index >= 15 is 0 Å². The summed E-state index contributed by atoms with van der Waals surface area (Å²) in [7, 11) is 0. The van der Waals surface area contributed by atoms with Gasteiger partial charge in [-0.05, 0) is 42.3 Å². The van der Waals surface area contributed by atoms with Gasteiger partial charge in [-0.25, -0.2) is 4.39 Å². The summed E-state index contributed by atoms with van der Waals surface area (Å²) in [6.45, 7) is 2.62. The largest absolute Gasteiger partial charge is 0.444 e. The van der Waals surface area contributed by atoms with Crippen molar-refractivity contribution in [3.63, 3.8) is 0 Å². The fourth-order valence-corrected chi connectivity index (χ4v) is 2.61. The standard InChI is InChI=1S/C17H15ClFNO/c1-11(12-6-8-13(19)9-7-12)20-10-15-14-4-2-3-5-16(14)21-17(15)18/h2-9,11,20H,10H2,1H3/t11-/m0/s1. The van der Waals surface area contributed by atoms with Crippen LogP contribution in [0.5, 0.6) is 0 Å². The molecule has 0 aliphatic carbocycles. The molecular formula is C17H15ClFNO. The van der Waals surface area contributed by atoms with E-state index in [1.54, 1.807) is 12.1 Å². The van der Waals surface area contributed by atoms with Crippen molar-refractivity contribution in [1.82, 2.24) is 5.32 Å². The molecule has 2 nitrogen and oxygen atoms in total. The predicted octanol–water partition coefficient (Wildman–Crippen LogP) is 5.08. The fourth-order valence-electron chi connectivity index (χ4n) is 2.36. The Kier molecular flexibility index (Phi) is 3.95. The molecule has 0 saturated carbocycles. The predicted molar refractivity (Wildman–Crippen MR) is 82.9 cm³/mol. The molecule has 0 radical (unpaired) electrons. The van der Waals surface area contributed by atoms with Crippen molar-refractivity contribution >= 4 is 22.6 Å². The first-order chi connectivity index (χ1) is 10.1. The van der Waals surface area contributed by atoms with E-state index in [9.17, 15) is 4.39 Å². The quantitative estimate of drug-likeness (QED) is 0.727. The topological polar surface area (TPSA) is 25.2 Å². The number of fused-ring (bicyclic) bond motifs is 1. The zero-order chi connectivity index (χ0) is 14.8. The number of furan rings is 1. The first kappa shape index (κ1) is 14.1. The van der Waals surface area contributed by atoms with E-state index in [0.717, 1.165) is 22.1 Å². The highest BCUT2D eigenvalue weighted by Gasteiger charge is 2.13. The van der Waals surface area contributed by atoms with E-state index in [2.05, 4.69) is 5.32 Å². The Morgan fingerprint density at radius 1 is 1.14 bits per heavy atom. The van der Waals surface area contributed by atoms with Crippen LogP contribution in [0.1, 0.15) is 24.1 Å². The van der Waals surface area contributed by atoms with Crippen LogP contribution < -0.4 is 5.32 Å². The molecule has 0 fully saturated rings. The summed E-state index contributed by atoms with van der Waals surface area (Å²) < 4.78 is 18.5. The van der Waals surface area contributed by atoms with E-state index in [0.29, 0.717) is 11.8 Å². The number of nitrogens with one attached hydrogen (secondary N) is 1. The molecule has 4 heteroatoms. The lowest BCUT2D eigenvalue weighted by Crippen LogP contribution is -2.18. The molecule has 1 atom stereocenters. The van der Waals surface area contributed by atoms with E-state index in [1.807, 2.05) is 31.2 Å². The van der Waals surface area contributed by atoms with E-state index in [4.69, 9.17) is 16.0 Å². The van der Waals surface area contributed by atoms with Gasteiger partial charge in [0.15, 0.2) is 5.22 Å². The molecule has 3 rings (SSSR count). The van der Waals surface area contributed by atoms with Gasteiger partial charge >= 0.3 is 0 Å². The highest BCUT2D eigenvalue weighted by atomic mass is 35.5. The smallest absolute Gasteiger partial charge is 0.199 e. The van der Waals surface area contributed by atoms with Crippen LogP contribution in [0.3, 0.4) is 0 Å². The van der Waals surface area contributed by atoms with Crippen molar-refractivity contribution in [2.75, 3.05) is 0 Å². The van der Waals surface area contributed by atoms with Crippen LogP contribution in [-0.2, 0) is 6.54 Å². The minimum atomic E-state index is -0.227. The summed E-state index contributed by atoms with van der Waals surface area (Å²) in [5, 5.41) is 4.81. The first-order valence-corrected chi connectivity index (χ1v) is 7.17. The third-order valence-corrected chi connectivity index (χ3v) is 3.91. The van der Waals surface area contributed by atoms with Gasteiger partial charge in [-0.3, -0.25) is 0 Å². The van der Waals surface area contributed by atoms with Crippen molar-refractivity contribution in [1.29, 1.82) is 0 Å². The van der Waals surface area contributed by atoms with E-state index in [-0.39, 0.29) is 11.9 Å². The monoisotopic (exact) mass is 303 g/mol. The number of hydrogen-bond donors (Lipinski definition) is 1. The molecular weight excluding hydrogens is 289 g/mol. The van der Waals surface area contributed by atoms with Crippen molar-refractivity contribution in [3.8, 4) is 0 Å². The fraction of sp³-hybridized carbons (Fsp3) is 0.176. The zero-order valence-corrected chi connectivity index (χ0v) is 12.3. The summed E-state index contributed by atoms with van der Waals surface area (Å²) in [5.41, 5.74) is 2.76. The Labute approximate surface area is 127 Å². The summed E-state index contributed by atoms with van der Waals surface area (Å²) in [5.74, 6) is -0.227. The Bertz CT molecular complexity index is 751. The summed E-state index contributed by atoms with van der Waals surface area (Å²) in [6.07, 6.45) is 0. The minimum Gasteiger partial charge on any atom is -0.444 e. The SMILES string of the molecule is C[C@H](NCc1c(Cl)oc2ccccc12)c1ccc(F)cc1. The van der Waals surface area contributed by atoms with Gasteiger partial charge in [-0.1, -0.05) is 30.3 Å². The Morgan fingerprint density at radius 3 is 2.62 bits per heavy atom. The van der Waals surface area contributed by atoms with Gasteiger partial charge in [0, 0.05) is 23.5 Å². The molecule has 0 amide bonds. The molecule has 1 aromatic heterocycles. The van der Waals surface area contributed by atoms with Crippen molar-refractivity contribution in [2.24, 2.45) is 0 Å². The van der Waals surface area contributed by atoms with Crippen LogP contribution in [0.2, 0.25) is 5.22 Å². The highest BCUT2D eigenvalue weighted by Crippen LogP contribution is 2.29. The lowest BCUT2D eigenvalue weighted by atomic mass is 10.1. The minimum absolute atomic E-state index is 0.0929. The Balaban J connectivity index is 1.77.